The maximum Gasteiger partial charge on any atom is 0.208 e. The van der Waals surface area contributed by atoms with Gasteiger partial charge in [0.25, 0.3) is 0 Å². The number of aromatic nitrogens is 4. The SMILES string of the molecule is Oc1c(O)c(O)c(-c2ccc(-c3nc(-c4ccccc4)nc(-c4ccc5c(c4)oc4cccc(-n6c7ccccc7c7ccccc76)c45)n3)cc2)c(O)c1O. The number of benzene rings is 7. The Hall–Kier alpha value is -7.85. The number of hydrogen-bond acceptors (Lipinski definition) is 9. The van der Waals surface area contributed by atoms with Gasteiger partial charge >= 0.3 is 0 Å². The Labute approximate surface area is 311 Å². The molecule has 7 aromatic carbocycles. The van der Waals surface area contributed by atoms with E-state index in [1.165, 1.54) is 10.8 Å². The molecular weight excluding hydrogens is 693 g/mol. The molecule has 0 amide bonds. The highest BCUT2D eigenvalue weighted by Gasteiger charge is 2.25. The normalized spacial score (nSPS) is 11.6. The maximum absolute atomic E-state index is 10.5. The van der Waals surface area contributed by atoms with Crippen LogP contribution >= 0.6 is 0 Å². The highest BCUT2D eigenvalue weighted by Crippen LogP contribution is 2.54. The average Bonchev–Trinajstić information content (AvgIpc) is 3.78. The van der Waals surface area contributed by atoms with E-state index in [4.69, 9.17) is 19.4 Å². The molecule has 0 aliphatic rings. The van der Waals surface area contributed by atoms with Gasteiger partial charge in [0.05, 0.1) is 27.7 Å². The fraction of sp³-hybridized carbons (Fsp3) is 0. The molecule has 0 atom stereocenters. The summed E-state index contributed by atoms with van der Waals surface area (Å²) in [6.07, 6.45) is 0. The van der Waals surface area contributed by atoms with Gasteiger partial charge < -0.3 is 34.5 Å². The Morgan fingerprint density at radius 3 is 1.55 bits per heavy atom. The predicted molar refractivity (Wildman–Crippen MR) is 212 cm³/mol. The average molecular weight is 721 g/mol. The van der Waals surface area contributed by atoms with E-state index in [-0.39, 0.29) is 11.1 Å². The molecule has 0 aliphatic carbocycles. The fourth-order valence-corrected chi connectivity index (χ4v) is 7.41. The summed E-state index contributed by atoms with van der Waals surface area (Å²) >= 11 is 0. The van der Waals surface area contributed by atoms with Crippen molar-refractivity contribution >= 4 is 43.7 Å². The smallest absolute Gasteiger partial charge is 0.208 e. The van der Waals surface area contributed by atoms with Crippen LogP contribution in [0.3, 0.4) is 0 Å². The molecule has 0 saturated heterocycles. The molecule has 264 valence electrons. The van der Waals surface area contributed by atoms with Crippen molar-refractivity contribution in [1.29, 1.82) is 0 Å². The van der Waals surface area contributed by atoms with Crippen LogP contribution in [-0.4, -0.2) is 45.1 Å². The molecule has 0 fully saturated rings. The van der Waals surface area contributed by atoms with Crippen LogP contribution < -0.4 is 0 Å². The van der Waals surface area contributed by atoms with Crippen molar-refractivity contribution in [3.63, 3.8) is 0 Å². The number of nitrogens with zero attached hydrogens (tertiary/aromatic N) is 4. The number of fused-ring (bicyclic) bond motifs is 6. The Balaban J connectivity index is 1.11. The molecular formula is C45H28N4O6. The fourth-order valence-electron chi connectivity index (χ4n) is 7.41. The molecule has 10 rings (SSSR count). The van der Waals surface area contributed by atoms with Crippen LogP contribution in [0, 0.1) is 0 Å². The molecule has 3 aromatic heterocycles. The predicted octanol–water partition coefficient (Wildman–Crippen LogP) is 10.1. The lowest BCUT2D eigenvalue weighted by Crippen LogP contribution is -2.00. The molecule has 0 aliphatic heterocycles. The molecule has 5 N–H and O–H groups in total. The van der Waals surface area contributed by atoms with Crippen molar-refractivity contribution < 1.29 is 29.9 Å². The number of aromatic hydroxyl groups is 5. The Kier molecular flexibility index (Phi) is 7.01. The van der Waals surface area contributed by atoms with Crippen molar-refractivity contribution in [3.8, 4) is 79.7 Å². The zero-order chi connectivity index (χ0) is 37.4. The zero-order valence-electron chi connectivity index (χ0n) is 28.7. The number of furan rings is 1. The first-order chi connectivity index (χ1) is 26.9. The molecule has 0 spiro atoms. The van der Waals surface area contributed by atoms with Crippen LogP contribution in [0.25, 0.3) is 94.7 Å². The van der Waals surface area contributed by atoms with Crippen LogP contribution in [0.4, 0.5) is 0 Å². The van der Waals surface area contributed by atoms with Crippen molar-refractivity contribution in [2.24, 2.45) is 0 Å². The molecule has 0 saturated carbocycles. The van der Waals surface area contributed by atoms with Gasteiger partial charge in [-0.3, -0.25) is 0 Å². The minimum absolute atomic E-state index is 0.249. The molecule has 10 aromatic rings. The summed E-state index contributed by atoms with van der Waals surface area (Å²) < 4.78 is 8.82. The Bertz CT molecular complexity index is 3070. The van der Waals surface area contributed by atoms with E-state index in [9.17, 15) is 25.5 Å². The van der Waals surface area contributed by atoms with E-state index < -0.39 is 28.7 Å². The van der Waals surface area contributed by atoms with E-state index >= 15 is 0 Å². The van der Waals surface area contributed by atoms with Gasteiger partial charge in [0.15, 0.2) is 29.0 Å². The Morgan fingerprint density at radius 1 is 0.400 bits per heavy atom. The number of rotatable bonds is 5. The number of phenols is 5. The summed E-state index contributed by atoms with van der Waals surface area (Å²) in [5, 5.41) is 55.3. The second-order valence-electron chi connectivity index (χ2n) is 13.2. The lowest BCUT2D eigenvalue weighted by molar-refractivity contribution is 0.330. The van der Waals surface area contributed by atoms with Crippen LogP contribution in [-0.2, 0) is 0 Å². The minimum atomic E-state index is -1.02. The van der Waals surface area contributed by atoms with Gasteiger partial charge in [-0.25, -0.2) is 15.0 Å². The van der Waals surface area contributed by atoms with Crippen molar-refractivity contribution in [2.45, 2.75) is 0 Å². The topological polar surface area (TPSA) is 158 Å². The summed E-state index contributed by atoms with van der Waals surface area (Å²) in [4.78, 5) is 14.6. The molecule has 55 heavy (non-hydrogen) atoms. The van der Waals surface area contributed by atoms with Gasteiger partial charge in [-0.05, 0) is 42.0 Å². The van der Waals surface area contributed by atoms with Crippen LogP contribution in [0.2, 0.25) is 0 Å². The molecule has 3 heterocycles. The minimum Gasteiger partial charge on any atom is -0.504 e. The standard InChI is InChI=1S/C45H28N4O6/c50-38-36(39(51)41(53)42(54)40(38)52)24-17-19-26(20-18-24)44-46-43(25-9-2-1-3-10-25)47-45(48-44)27-21-22-30-35(23-27)55-34-16-8-15-33(37(30)34)49-31-13-6-4-11-28(31)29-12-5-7-14-32(29)49/h1-23,50-54H. The summed E-state index contributed by atoms with van der Waals surface area (Å²) in [5.74, 6) is -3.26. The van der Waals surface area contributed by atoms with Gasteiger partial charge in [0, 0.05) is 32.8 Å². The van der Waals surface area contributed by atoms with E-state index in [0.717, 1.165) is 38.6 Å². The molecule has 0 bridgehead atoms. The molecule has 0 unspecified atom stereocenters. The first kappa shape index (κ1) is 31.9. The van der Waals surface area contributed by atoms with Crippen LogP contribution in [0.5, 0.6) is 28.7 Å². The number of phenolic OH excluding ortho intramolecular Hbond substituents is 5. The van der Waals surface area contributed by atoms with Gasteiger partial charge in [-0.2, -0.15) is 0 Å². The number of para-hydroxylation sites is 2. The molecule has 0 radical (unpaired) electrons. The third-order valence-electron chi connectivity index (χ3n) is 10.0. The second kappa shape index (κ2) is 12.1. The third kappa shape index (κ3) is 4.92. The second-order valence-corrected chi connectivity index (χ2v) is 13.2. The summed E-state index contributed by atoms with van der Waals surface area (Å²) in [5.41, 5.74) is 6.76. The van der Waals surface area contributed by atoms with Crippen LogP contribution in [0.1, 0.15) is 0 Å². The summed E-state index contributed by atoms with van der Waals surface area (Å²) in [6.45, 7) is 0. The molecule has 10 nitrogen and oxygen atoms in total. The van der Waals surface area contributed by atoms with E-state index in [1.807, 2.05) is 60.7 Å². The summed E-state index contributed by atoms with van der Waals surface area (Å²) in [6, 6.07) is 45.0. The number of hydrogen-bond donors (Lipinski definition) is 5. The van der Waals surface area contributed by atoms with E-state index in [2.05, 4.69) is 59.2 Å². The van der Waals surface area contributed by atoms with Crippen molar-refractivity contribution in [2.75, 3.05) is 0 Å². The van der Waals surface area contributed by atoms with E-state index in [0.29, 0.717) is 34.2 Å². The first-order valence-electron chi connectivity index (χ1n) is 17.4. The van der Waals surface area contributed by atoms with Gasteiger partial charge in [-0.15, -0.1) is 0 Å². The van der Waals surface area contributed by atoms with Gasteiger partial charge in [0.2, 0.25) is 17.2 Å². The zero-order valence-corrected chi connectivity index (χ0v) is 28.7. The first-order valence-corrected chi connectivity index (χ1v) is 17.4. The highest BCUT2D eigenvalue weighted by molar-refractivity contribution is 6.14. The summed E-state index contributed by atoms with van der Waals surface area (Å²) in [7, 11) is 0. The van der Waals surface area contributed by atoms with Gasteiger partial charge in [0.1, 0.15) is 11.2 Å². The monoisotopic (exact) mass is 720 g/mol. The van der Waals surface area contributed by atoms with Crippen LogP contribution in [0.15, 0.2) is 144 Å². The lowest BCUT2D eigenvalue weighted by atomic mass is 10.00. The van der Waals surface area contributed by atoms with Crippen molar-refractivity contribution in [1.82, 2.24) is 19.5 Å². The van der Waals surface area contributed by atoms with E-state index in [1.54, 1.807) is 24.3 Å². The third-order valence-corrected chi connectivity index (χ3v) is 10.0. The van der Waals surface area contributed by atoms with Crippen molar-refractivity contribution in [3.05, 3.63) is 140 Å². The van der Waals surface area contributed by atoms with Gasteiger partial charge in [-0.1, -0.05) is 103 Å². The quantitative estimate of drug-likeness (QED) is 0.0862. The largest absolute Gasteiger partial charge is 0.504 e. The molecule has 10 heteroatoms. The highest BCUT2D eigenvalue weighted by atomic mass is 16.4. The maximum atomic E-state index is 10.5. The Morgan fingerprint density at radius 2 is 0.909 bits per heavy atom. The lowest BCUT2D eigenvalue weighted by Gasteiger charge is -2.13.